The molecule has 1 aromatic carbocycles. The van der Waals surface area contributed by atoms with E-state index >= 15 is 0 Å². The number of unbranched alkanes of at least 4 members (excludes halogenated alkanes) is 2. The highest BCUT2D eigenvalue weighted by molar-refractivity contribution is 6.30. The normalized spacial score (nSPS) is 14.6. The maximum absolute atomic E-state index is 10.9. The molecule has 18 heavy (non-hydrogen) atoms. The van der Waals surface area contributed by atoms with Gasteiger partial charge >= 0.3 is 0 Å². The van der Waals surface area contributed by atoms with Crippen molar-refractivity contribution in [1.82, 2.24) is 0 Å². The number of aliphatic hydroxyl groups is 1. The SMILES string of the molecule is CCCCCC(O)(CC)c1cc(Cl)cc(C)c1C. The lowest BCUT2D eigenvalue weighted by Gasteiger charge is -2.30. The van der Waals surface area contributed by atoms with Crippen LogP contribution in [-0.4, -0.2) is 5.11 Å². The molecule has 1 rings (SSSR count). The highest BCUT2D eigenvalue weighted by Crippen LogP contribution is 2.35. The first kappa shape index (κ1) is 15.5. The van der Waals surface area contributed by atoms with Crippen LogP contribution in [0.4, 0.5) is 0 Å². The van der Waals surface area contributed by atoms with Gasteiger partial charge in [0.15, 0.2) is 0 Å². The number of rotatable bonds is 6. The molecule has 0 saturated heterocycles. The van der Waals surface area contributed by atoms with Gasteiger partial charge in [-0.2, -0.15) is 0 Å². The summed E-state index contributed by atoms with van der Waals surface area (Å²) < 4.78 is 0. The Labute approximate surface area is 116 Å². The zero-order valence-electron chi connectivity index (χ0n) is 12.0. The molecule has 1 aromatic rings. The zero-order valence-corrected chi connectivity index (χ0v) is 12.8. The molecule has 0 aliphatic rings. The van der Waals surface area contributed by atoms with Crippen LogP contribution >= 0.6 is 11.6 Å². The standard InChI is InChI=1S/C16H25ClO/c1-5-7-8-9-16(18,6-2)15-11-14(17)10-12(3)13(15)4/h10-11,18H,5-9H2,1-4H3. The molecule has 0 aliphatic carbocycles. The highest BCUT2D eigenvalue weighted by Gasteiger charge is 2.28. The topological polar surface area (TPSA) is 20.2 Å². The van der Waals surface area contributed by atoms with E-state index in [1.807, 2.05) is 26.0 Å². The fraction of sp³-hybridized carbons (Fsp3) is 0.625. The lowest BCUT2D eigenvalue weighted by molar-refractivity contribution is 0.0201. The van der Waals surface area contributed by atoms with E-state index < -0.39 is 5.60 Å². The first-order valence-electron chi connectivity index (χ1n) is 6.94. The average molecular weight is 269 g/mol. The van der Waals surface area contributed by atoms with Gasteiger partial charge in [-0.1, -0.05) is 44.7 Å². The van der Waals surface area contributed by atoms with Crippen LogP contribution in [0.5, 0.6) is 0 Å². The van der Waals surface area contributed by atoms with Crippen molar-refractivity contribution in [3.63, 3.8) is 0 Å². The molecular formula is C16H25ClO. The van der Waals surface area contributed by atoms with Gasteiger partial charge in [-0.3, -0.25) is 0 Å². The van der Waals surface area contributed by atoms with Gasteiger partial charge in [0, 0.05) is 5.02 Å². The predicted molar refractivity (Wildman–Crippen MR) is 79.3 cm³/mol. The predicted octanol–water partition coefficient (Wildman–Crippen LogP) is 5.13. The average Bonchev–Trinajstić information content (AvgIpc) is 2.33. The molecule has 102 valence electrons. The molecule has 1 N–H and O–H groups in total. The minimum absolute atomic E-state index is 0.718. The van der Waals surface area contributed by atoms with E-state index in [4.69, 9.17) is 11.6 Å². The second-order valence-corrected chi connectivity index (χ2v) is 5.67. The lowest BCUT2D eigenvalue weighted by atomic mass is 9.82. The quantitative estimate of drug-likeness (QED) is 0.709. The molecule has 0 fully saturated rings. The number of hydrogen-bond donors (Lipinski definition) is 1. The summed E-state index contributed by atoms with van der Waals surface area (Å²) in [6.07, 6.45) is 4.95. The first-order valence-corrected chi connectivity index (χ1v) is 7.32. The number of halogens is 1. The molecule has 0 aliphatic heterocycles. The van der Waals surface area contributed by atoms with Crippen LogP contribution in [0, 0.1) is 13.8 Å². The van der Waals surface area contributed by atoms with E-state index in [1.54, 1.807) is 0 Å². The Kier molecular flexibility index (Phi) is 5.68. The molecule has 0 spiro atoms. The Morgan fingerprint density at radius 2 is 1.83 bits per heavy atom. The molecular weight excluding hydrogens is 244 g/mol. The van der Waals surface area contributed by atoms with Crippen LogP contribution in [0.25, 0.3) is 0 Å². The Bertz CT molecular complexity index is 400. The van der Waals surface area contributed by atoms with Crippen molar-refractivity contribution in [2.45, 2.75) is 65.4 Å². The van der Waals surface area contributed by atoms with E-state index in [1.165, 1.54) is 18.4 Å². The minimum atomic E-state index is -0.727. The van der Waals surface area contributed by atoms with Gasteiger partial charge in [-0.25, -0.2) is 0 Å². The molecule has 0 saturated carbocycles. The van der Waals surface area contributed by atoms with Crippen molar-refractivity contribution in [3.05, 3.63) is 33.8 Å². The van der Waals surface area contributed by atoms with Crippen molar-refractivity contribution < 1.29 is 5.11 Å². The summed E-state index contributed by atoms with van der Waals surface area (Å²) in [5, 5.41) is 11.6. The Hall–Kier alpha value is -0.530. The van der Waals surface area contributed by atoms with Crippen molar-refractivity contribution in [1.29, 1.82) is 0 Å². The third-order valence-corrected chi connectivity index (χ3v) is 4.13. The van der Waals surface area contributed by atoms with E-state index in [0.29, 0.717) is 0 Å². The zero-order chi connectivity index (χ0) is 13.8. The van der Waals surface area contributed by atoms with Crippen molar-refractivity contribution >= 4 is 11.6 Å². The summed E-state index contributed by atoms with van der Waals surface area (Å²) in [5.74, 6) is 0. The van der Waals surface area contributed by atoms with E-state index in [-0.39, 0.29) is 0 Å². The van der Waals surface area contributed by atoms with E-state index in [2.05, 4.69) is 13.8 Å². The second kappa shape index (κ2) is 6.58. The van der Waals surface area contributed by atoms with Gasteiger partial charge < -0.3 is 5.11 Å². The Balaban J connectivity index is 3.07. The van der Waals surface area contributed by atoms with Gasteiger partial charge in [0.2, 0.25) is 0 Å². The maximum Gasteiger partial charge on any atom is 0.0897 e. The van der Waals surface area contributed by atoms with Gasteiger partial charge in [0.25, 0.3) is 0 Å². The van der Waals surface area contributed by atoms with Crippen molar-refractivity contribution in [2.24, 2.45) is 0 Å². The summed E-state index contributed by atoms with van der Waals surface area (Å²) in [6.45, 7) is 8.34. The molecule has 1 atom stereocenters. The third-order valence-electron chi connectivity index (χ3n) is 3.91. The summed E-state index contributed by atoms with van der Waals surface area (Å²) in [6, 6.07) is 3.89. The minimum Gasteiger partial charge on any atom is -0.385 e. The van der Waals surface area contributed by atoms with E-state index in [9.17, 15) is 5.11 Å². The largest absolute Gasteiger partial charge is 0.385 e. The van der Waals surface area contributed by atoms with Gasteiger partial charge in [0.05, 0.1) is 5.60 Å². The summed E-state index contributed by atoms with van der Waals surface area (Å²) >= 11 is 6.14. The van der Waals surface area contributed by atoms with Crippen LogP contribution < -0.4 is 0 Å². The van der Waals surface area contributed by atoms with Crippen LogP contribution in [0.15, 0.2) is 12.1 Å². The smallest absolute Gasteiger partial charge is 0.0897 e. The van der Waals surface area contributed by atoms with Crippen LogP contribution in [0.1, 0.15) is 62.6 Å². The van der Waals surface area contributed by atoms with Crippen LogP contribution in [0.3, 0.4) is 0 Å². The number of benzene rings is 1. The number of hydrogen-bond acceptors (Lipinski definition) is 1. The van der Waals surface area contributed by atoms with Crippen molar-refractivity contribution in [3.8, 4) is 0 Å². The fourth-order valence-corrected chi connectivity index (χ4v) is 2.74. The molecule has 1 unspecified atom stereocenters. The van der Waals surface area contributed by atoms with Gasteiger partial charge in [-0.15, -0.1) is 0 Å². The molecule has 0 radical (unpaired) electrons. The van der Waals surface area contributed by atoms with E-state index in [0.717, 1.165) is 35.4 Å². The highest BCUT2D eigenvalue weighted by atomic mass is 35.5. The fourth-order valence-electron chi connectivity index (χ4n) is 2.47. The lowest BCUT2D eigenvalue weighted by Crippen LogP contribution is -2.26. The third kappa shape index (κ3) is 3.49. The molecule has 2 heteroatoms. The van der Waals surface area contributed by atoms with Crippen LogP contribution in [0.2, 0.25) is 5.02 Å². The number of aryl methyl sites for hydroxylation is 1. The molecule has 0 amide bonds. The Morgan fingerprint density at radius 1 is 1.17 bits per heavy atom. The summed E-state index contributed by atoms with van der Waals surface area (Å²) in [5.41, 5.74) is 2.60. The van der Waals surface area contributed by atoms with Crippen LogP contribution in [-0.2, 0) is 5.60 Å². The summed E-state index contributed by atoms with van der Waals surface area (Å²) in [7, 11) is 0. The maximum atomic E-state index is 10.9. The molecule has 1 nitrogen and oxygen atoms in total. The Morgan fingerprint density at radius 3 is 2.39 bits per heavy atom. The van der Waals surface area contributed by atoms with Gasteiger partial charge in [0.1, 0.15) is 0 Å². The first-order chi connectivity index (χ1) is 8.44. The monoisotopic (exact) mass is 268 g/mol. The van der Waals surface area contributed by atoms with Gasteiger partial charge in [-0.05, 0) is 55.5 Å². The summed E-state index contributed by atoms with van der Waals surface area (Å²) in [4.78, 5) is 0. The molecule has 0 bridgehead atoms. The molecule has 0 aromatic heterocycles. The van der Waals surface area contributed by atoms with Crippen molar-refractivity contribution in [2.75, 3.05) is 0 Å². The molecule has 0 heterocycles. The second-order valence-electron chi connectivity index (χ2n) is 5.24.